The first-order chi connectivity index (χ1) is 5.24. The van der Waals surface area contributed by atoms with Crippen LogP contribution in [-0.2, 0) is 9.59 Å². The second-order valence-electron chi connectivity index (χ2n) is 2.26. The smallest absolute Gasteiger partial charge is 0.267 e. The third kappa shape index (κ3) is 1.80. The lowest BCUT2D eigenvalue weighted by atomic mass is 10.3. The third-order valence-electron chi connectivity index (χ3n) is 1.34. The molecule has 1 aliphatic rings. The Bertz CT molecular complexity index is 220. The molecule has 1 saturated heterocycles. The van der Waals surface area contributed by atoms with Crippen molar-refractivity contribution >= 4 is 11.8 Å². The molecule has 1 aliphatic heterocycles. The van der Waals surface area contributed by atoms with Gasteiger partial charge in [-0.05, 0) is 6.42 Å². The zero-order valence-electron chi connectivity index (χ0n) is 6.31. The Morgan fingerprint density at radius 1 is 1.55 bits per heavy atom. The van der Waals surface area contributed by atoms with Crippen molar-refractivity contribution < 1.29 is 9.59 Å². The van der Waals surface area contributed by atoms with Crippen LogP contribution in [0.25, 0.3) is 0 Å². The van der Waals surface area contributed by atoms with Crippen LogP contribution in [0.3, 0.4) is 0 Å². The van der Waals surface area contributed by atoms with Crippen molar-refractivity contribution in [2.45, 2.75) is 13.3 Å². The zero-order valence-corrected chi connectivity index (χ0v) is 6.31. The van der Waals surface area contributed by atoms with Crippen LogP contribution in [0.15, 0.2) is 11.8 Å². The number of rotatable bonds is 1. The van der Waals surface area contributed by atoms with Crippen LogP contribution in [0.1, 0.15) is 13.3 Å². The van der Waals surface area contributed by atoms with Crippen molar-refractivity contribution in [2.75, 3.05) is 6.54 Å². The number of carbonyl (C=O) groups excluding carboxylic acids is 2. The Morgan fingerprint density at radius 2 is 2.27 bits per heavy atom. The van der Waals surface area contributed by atoms with E-state index < -0.39 is 0 Å². The van der Waals surface area contributed by atoms with Gasteiger partial charge in [0.1, 0.15) is 5.70 Å². The molecule has 4 nitrogen and oxygen atoms in total. The van der Waals surface area contributed by atoms with Gasteiger partial charge in [-0.15, -0.1) is 0 Å². The maximum Gasteiger partial charge on any atom is 0.267 e. The van der Waals surface area contributed by atoms with Gasteiger partial charge in [-0.25, -0.2) is 0 Å². The van der Waals surface area contributed by atoms with Crippen molar-refractivity contribution in [3.05, 3.63) is 11.8 Å². The van der Waals surface area contributed by atoms with Gasteiger partial charge in [0.25, 0.3) is 5.91 Å². The number of amides is 2. The second-order valence-corrected chi connectivity index (χ2v) is 2.26. The van der Waals surface area contributed by atoms with Gasteiger partial charge < -0.3 is 10.6 Å². The molecule has 0 aromatic carbocycles. The van der Waals surface area contributed by atoms with Crippen LogP contribution in [0.4, 0.5) is 0 Å². The monoisotopic (exact) mass is 154 g/mol. The molecule has 0 radical (unpaired) electrons. The molecular formula is C7H10N2O2. The Morgan fingerprint density at radius 3 is 2.91 bits per heavy atom. The molecule has 2 N–H and O–H groups in total. The maximum atomic E-state index is 10.9. The number of hydrogen-bond donors (Lipinski definition) is 2. The summed E-state index contributed by atoms with van der Waals surface area (Å²) in [7, 11) is 0. The van der Waals surface area contributed by atoms with Gasteiger partial charge in [0.15, 0.2) is 0 Å². The van der Waals surface area contributed by atoms with E-state index in [2.05, 4.69) is 10.6 Å². The summed E-state index contributed by atoms with van der Waals surface area (Å²) in [4.78, 5) is 21.7. The summed E-state index contributed by atoms with van der Waals surface area (Å²) in [5.41, 5.74) is 0.365. The summed E-state index contributed by atoms with van der Waals surface area (Å²) in [6.45, 7) is 1.99. The first kappa shape index (κ1) is 7.78. The van der Waals surface area contributed by atoms with Gasteiger partial charge in [-0.1, -0.05) is 13.0 Å². The van der Waals surface area contributed by atoms with Gasteiger partial charge in [-0.2, -0.15) is 0 Å². The van der Waals surface area contributed by atoms with Crippen molar-refractivity contribution in [1.82, 2.24) is 10.6 Å². The molecule has 1 rings (SSSR count). The number of nitrogens with one attached hydrogen (secondary N) is 2. The topological polar surface area (TPSA) is 58.2 Å². The second kappa shape index (κ2) is 3.18. The molecule has 2 amide bonds. The summed E-state index contributed by atoms with van der Waals surface area (Å²) < 4.78 is 0. The summed E-state index contributed by atoms with van der Waals surface area (Å²) in [6.07, 6.45) is 2.43. The fourth-order valence-electron chi connectivity index (χ4n) is 0.855. The average Bonchev–Trinajstić information content (AvgIpc) is 1.98. The lowest BCUT2D eigenvalue weighted by Crippen LogP contribution is -2.47. The highest BCUT2D eigenvalue weighted by molar-refractivity contribution is 6.02. The van der Waals surface area contributed by atoms with Crippen molar-refractivity contribution in [3.63, 3.8) is 0 Å². The van der Waals surface area contributed by atoms with Crippen LogP contribution >= 0.6 is 0 Å². The van der Waals surface area contributed by atoms with E-state index in [1.54, 1.807) is 6.08 Å². The first-order valence-corrected chi connectivity index (χ1v) is 3.52. The summed E-state index contributed by atoms with van der Waals surface area (Å²) in [5.74, 6) is -0.365. The summed E-state index contributed by atoms with van der Waals surface area (Å²) in [6, 6.07) is 0. The SMILES string of the molecule is CC/C=C1\NC(=O)CNC1=O. The molecule has 0 bridgehead atoms. The Kier molecular flexibility index (Phi) is 2.25. The molecule has 0 aliphatic carbocycles. The number of carbonyl (C=O) groups is 2. The van der Waals surface area contributed by atoms with E-state index in [-0.39, 0.29) is 18.4 Å². The Balaban J connectivity index is 2.69. The average molecular weight is 154 g/mol. The van der Waals surface area contributed by atoms with Gasteiger partial charge in [-0.3, -0.25) is 9.59 Å². The van der Waals surface area contributed by atoms with Crippen molar-refractivity contribution in [3.8, 4) is 0 Å². The van der Waals surface area contributed by atoms with Gasteiger partial charge in [0, 0.05) is 0 Å². The van der Waals surface area contributed by atoms with Crippen molar-refractivity contribution in [1.29, 1.82) is 0 Å². The molecule has 0 unspecified atom stereocenters. The van der Waals surface area contributed by atoms with E-state index in [0.717, 1.165) is 6.42 Å². The number of allylic oxidation sites excluding steroid dienone is 1. The van der Waals surface area contributed by atoms with E-state index in [9.17, 15) is 9.59 Å². The largest absolute Gasteiger partial charge is 0.342 e. The van der Waals surface area contributed by atoms with Gasteiger partial charge >= 0.3 is 0 Å². The van der Waals surface area contributed by atoms with Crippen molar-refractivity contribution in [2.24, 2.45) is 0 Å². The van der Waals surface area contributed by atoms with E-state index in [4.69, 9.17) is 0 Å². The predicted molar refractivity (Wildman–Crippen MR) is 39.5 cm³/mol. The van der Waals surface area contributed by atoms with E-state index in [1.165, 1.54) is 0 Å². The molecule has 0 aromatic rings. The minimum atomic E-state index is -0.202. The standard InChI is InChI=1S/C7H10N2O2/c1-2-3-5-7(11)8-4-6(10)9-5/h3H,2,4H2,1H3,(H,8,11)(H,9,10)/b5-3-. The molecular weight excluding hydrogens is 144 g/mol. The lowest BCUT2D eigenvalue weighted by molar-refractivity contribution is -0.127. The Hall–Kier alpha value is -1.32. The van der Waals surface area contributed by atoms with Gasteiger partial charge in [0.05, 0.1) is 6.54 Å². The van der Waals surface area contributed by atoms with Crippen LogP contribution < -0.4 is 10.6 Å². The molecule has 0 aromatic heterocycles. The zero-order chi connectivity index (χ0) is 8.27. The maximum absolute atomic E-state index is 10.9. The number of hydrogen-bond acceptors (Lipinski definition) is 2. The minimum absolute atomic E-state index is 0.0832. The summed E-state index contributed by atoms with van der Waals surface area (Å²) in [5, 5.41) is 4.92. The highest BCUT2D eigenvalue weighted by atomic mass is 16.2. The number of piperazine rings is 1. The van der Waals surface area contributed by atoms with Crippen LogP contribution in [-0.4, -0.2) is 18.4 Å². The first-order valence-electron chi connectivity index (χ1n) is 3.52. The predicted octanol–water partition coefficient (Wildman–Crippen LogP) is -0.474. The molecule has 11 heavy (non-hydrogen) atoms. The Labute approximate surface area is 64.7 Å². The fraction of sp³-hybridized carbons (Fsp3) is 0.429. The molecule has 0 atom stereocenters. The molecule has 0 saturated carbocycles. The third-order valence-corrected chi connectivity index (χ3v) is 1.34. The van der Waals surface area contributed by atoms with E-state index in [1.807, 2.05) is 6.92 Å². The normalized spacial score (nSPS) is 21.4. The molecule has 60 valence electrons. The van der Waals surface area contributed by atoms with Gasteiger partial charge in [0.2, 0.25) is 5.91 Å². The minimum Gasteiger partial charge on any atom is -0.342 e. The van der Waals surface area contributed by atoms with Crippen LogP contribution in [0.5, 0.6) is 0 Å². The molecule has 1 heterocycles. The quantitative estimate of drug-likeness (QED) is 0.501. The molecule has 1 fully saturated rings. The van der Waals surface area contributed by atoms with E-state index >= 15 is 0 Å². The van der Waals surface area contributed by atoms with Crippen LogP contribution in [0, 0.1) is 0 Å². The highest BCUT2D eigenvalue weighted by Crippen LogP contribution is 1.95. The fourth-order valence-corrected chi connectivity index (χ4v) is 0.855. The lowest BCUT2D eigenvalue weighted by Gasteiger charge is -2.15. The van der Waals surface area contributed by atoms with E-state index in [0.29, 0.717) is 5.70 Å². The molecule has 0 spiro atoms. The summed E-state index contributed by atoms with van der Waals surface area (Å²) >= 11 is 0. The molecule has 4 heteroatoms. The van der Waals surface area contributed by atoms with Crippen LogP contribution in [0.2, 0.25) is 0 Å². The highest BCUT2D eigenvalue weighted by Gasteiger charge is 2.17.